The number of aromatic nitrogens is 1. The van der Waals surface area contributed by atoms with E-state index in [2.05, 4.69) is 18.0 Å². The number of rotatable bonds is 2. The molecule has 0 aromatic carbocycles. The van der Waals surface area contributed by atoms with Crippen LogP contribution < -0.4 is 4.90 Å². The first kappa shape index (κ1) is 15.8. The van der Waals surface area contributed by atoms with E-state index in [0.717, 1.165) is 38.0 Å². The molecule has 4 heterocycles. The molecule has 0 aliphatic carbocycles. The van der Waals surface area contributed by atoms with E-state index in [-0.39, 0.29) is 6.09 Å². The lowest BCUT2D eigenvalue weighted by Crippen LogP contribution is -2.40. The van der Waals surface area contributed by atoms with Crippen molar-refractivity contribution in [3.8, 4) is 0 Å². The van der Waals surface area contributed by atoms with E-state index >= 15 is 0 Å². The predicted octanol–water partition coefficient (Wildman–Crippen LogP) is 2.40. The Morgan fingerprint density at radius 2 is 2.12 bits per heavy atom. The number of amides is 1. The van der Waals surface area contributed by atoms with Crippen LogP contribution in [0.15, 0.2) is 18.2 Å². The molecule has 1 aromatic heterocycles. The van der Waals surface area contributed by atoms with Gasteiger partial charge in [0.2, 0.25) is 0 Å². The molecular weight excluding hydrogens is 306 g/mol. The van der Waals surface area contributed by atoms with Crippen LogP contribution in [-0.4, -0.2) is 61.5 Å². The van der Waals surface area contributed by atoms with Crippen molar-refractivity contribution in [2.45, 2.75) is 37.2 Å². The molecule has 0 bridgehead atoms. The van der Waals surface area contributed by atoms with E-state index in [1.807, 2.05) is 12.1 Å². The van der Waals surface area contributed by atoms with Crippen molar-refractivity contribution in [1.29, 1.82) is 0 Å². The molecule has 1 aromatic rings. The standard InChI is InChI=1S/C18H25N3O3/c1-20-9-3-4-14(12-20)15-5-2-6-16(19-15)21-13-18(24-17(21)22)7-10-23-11-8-18/h2,5-6,14H,3-4,7-13H2,1H3. The molecule has 4 rings (SSSR count). The largest absolute Gasteiger partial charge is 0.440 e. The summed E-state index contributed by atoms with van der Waals surface area (Å²) in [6.07, 6.45) is 3.61. The summed E-state index contributed by atoms with van der Waals surface area (Å²) in [6, 6.07) is 6.00. The van der Waals surface area contributed by atoms with Crippen molar-refractivity contribution in [3.05, 3.63) is 23.9 Å². The maximum Gasteiger partial charge on any atom is 0.416 e. The fraction of sp³-hybridized carbons (Fsp3) is 0.667. The van der Waals surface area contributed by atoms with E-state index < -0.39 is 5.60 Å². The summed E-state index contributed by atoms with van der Waals surface area (Å²) >= 11 is 0. The van der Waals surface area contributed by atoms with E-state index in [4.69, 9.17) is 14.5 Å². The second kappa shape index (κ2) is 6.33. The first-order valence-electron chi connectivity index (χ1n) is 8.89. The van der Waals surface area contributed by atoms with E-state index in [9.17, 15) is 4.79 Å². The van der Waals surface area contributed by atoms with Crippen molar-refractivity contribution < 1.29 is 14.3 Å². The number of anilines is 1. The molecule has 3 saturated heterocycles. The molecule has 3 fully saturated rings. The second-order valence-electron chi connectivity index (χ2n) is 7.27. The van der Waals surface area contributed by atoms with Gasteiger partial charge in [0.25, 0.3) is 0 Å². The Morgan fingerprint density at radius 3 is 2.92 bits per heavy atom. The Kier molecular flexibility index (Phi) is 4.18. The molecule has 0 N–H and O–H groups in total. The number of piperidine rings is 1. The Morgan fingerprint density at radius 1 is 1.29 bits per heavy atom. The zero-order valence-electron chi connectivity index (χ0n) is 14.2. The summed E-state index contributed by atoms with van der Waals surface area (Å²) in [4.78, 5) is 21.3. The van der Waals surface area contributed by atoms with Gasteiger partial charge in [-0.25, -0.2) is 9.78 Å². The zero-order chi connectivity index (χ0) is 16.6. The molecule has 6 heteroatoms. The van der Waals surface area contributed by atoms with Crippen LogP contribution in [0.2, 0.25) is 0 Å². The highest BCUT2D eigenvalue weighted by Crippen LogP contribution is 2.35. The van der Waals surface area contributed by atoms with Gasteiger partial charge in [0.05, 0.1) is 19.8 Å². The fourth-order valence-corrected chi connectivity index (χ4v) is 4.03. The van der Waals surface area contributed by atoms with Crippen LogP contribution in [0.4, 0.5) is 10.6 Å². The third-order valence-electron chi connectivity index (χ3n) is 5.45. The van der Waals surface area contributed by atoms with Crippen molar-refractivity contribution >= 4 is 11.9 Å². The summed E-state index contributed by atoms with van der Waals surface area (Å²) in [7, 11) is 2.16. The highest BCUT2D eigenvalue weighted by Gasteiger charge is 2.47. The van der Waals surface area contributed by atoms with Crippen LogP contribution in [0.1, 0.15) is 37.3 Å². The Bertz CT molecular complexity index is 615. The number of carbonyl (C=O) groups excluding carboxylic acids is 1. The number of hydrogen-bond acceptors (Lipinski definition) is 5. The number of ether oxygens (including phenoxy) is 2. The molecule has 0 radical (unpaired) electrons. The molecule has 130 valence electrons. The topological polar surface area (TPSA) is 54.9 Å². The van der Waals surface area contributed by atoms with Gasteiger partial charge in [-0.15, -0.1) is 0 Å². The van der Waals surface area contributed by atoms with Gasteiger partial charge >= 0.3 is 6.09 Å². The molecule has 0 saturated carbocycles. The molecular formula is C18H25N3O3. The highest BCUT2D eigenvalue weighted by molar-refractivity contribution is 5.89. The van der Waals surface area contributed by atoms with Crippen LogP contribution in [0.5, 0.6) is 0 Å². The van der Waals surface area contributed by atoms with E-state index in [1.54, 1.807) is 4.90 Å². The first-order valence-corrected chi connectivity index (χ1v) is 8.89. The number of likely N-dealkylation sites (N-methyl/N-ethyl adjacent to an activating group) is 1. The zero-order valence-corrected chi connectivity index (χ0v) is 14.2. The van der Waals surface area contributed by atoms with Gasteiger partial charge in [-0.2, -0.15) is 0 Å². The maximum atomic E-state index is 12.4. The highest BCUT2D eigenvalue weighted by atomic mass is 16.6. The molecule has 24 heavy (non-hydrogen) atoms. The van der Waals surface area contributed by atoms with Gasteiger partial charge in [0.1, 0.15) is 11.4 Å². The summed E-state index contributed by atoms with van der Waals surface area (Å²) in [6.45, 7) is 4.07. The van der Waals surface area contributed by atoms with Gasteiger partial charge in [-0.1, -0.05) is 6.07 Å². The van der Waals surface area contributed by atoms with Crippen molar-refractivity contribution in [2.75, 3.05) is 44.8 Å². The van der Waals surface area contributed by atoms with Gasteiger partial charge in [0.15, 0.2) is 0 Å². The normalized spacial score (nSPS) is 27.5. The maximum absolute atomic E-state index is 12.4. The monoisotopic (exact) mass is 331 g/mol. The lowest BCUT2D eigenvalue weighted by molar-refractivity contribution is -0.0431. The fourth-order valence-electron chi connectivity index (χ4n) is 4.03. The molecule has 1 amide bonds. The number of pyridine rings is 1. The second-order valence-corrected chi connectivity index (χ2v) is 7.27. The minimum Gasteiger partial charge on any atom is -0.440 e. The first-order chi connectivity index (χ1) is 11.7. The van der Waals surface area contributed by atoms with Crippen LogP contribution in [0, 0.1) is 0 Å². The van der Waals surface area contributed by atoms with Gasteiger partial charge in [-0.3, -0.25) is 4.90 Å². The molecule has 3 aliphatic heterocycles. The van der Waals surface area contributed by atoms with Crippen LogP contribution in [-0.2, 0) is 9.47 Å². The van der Waals surface area contributed by atoms with E-state index in [1.165, 1.54) is 6.42 Å². The number of nitrogens with zero attached hydrogens (tertiary/aromatic N) is 3. The Labute approximate surface area is 142 Å². The average Bonchev–Trinajstić information content (AvgIpc) is 2.91. The summed E-state index contributed by atoms with van der Waals surface area (Å²) in [5.74, 6) is 1.16. The molecule has 1 atom stereocenters. The molecule has 1 spiro atoms. The Hall–Kier alpha value is -1.66. The van der Waals surface area contributed by atoms with E-state index in [0.29, 0.717) is 31.5 Å². The predicted molar refractivity (Wildman–Crippen MR) is 90.3 cm³/mol. The number of likely N-dealkylation sites (tertiary alicyclic amines) is 1. The summed E-state index contributed by atoms with van der Waals surface area (Å²) in [5, 5.41) is 0. The summed E-state index contributed by atoms with van der Waals surface area (Å²) < 4.78 is 11.1. The quantitative estimate of drug-likeness (QED) is 0.833. The SMILES string of the molecule is CN1CCCC(c2cccc(N3CC4(CCOCC4)OC3=O)n2)C1. The lowest BCUT2D eigenvalue weighted by atomic mass is 9.94. The minimum absolute atomic E-state index is 0.276. The molecule has 6 nitrogen and oxygen atoms in total. The third-order valence-corrected chi connectivity index (χ3v) is 5.45. The van der Waals surface area contributed by atoms with Crippen molar-refractivity contribution in [3.63, 3.8) is 0 Å². The number of carbonyl (C=O) groups is 1. The smallest absolute Gasteiger partial charge is 0.416 e. The number of hydrogen-bond donors (Lipinski definition) is 0. The van der Waals surface area contributed by atoms with Crippen molar-refractivity contribution in [2.24, 2.45) is 0 Å². The van der Waals surface area contributed by atoms with Gasteiger partial charge in [0, 0.05) is 31.0 Å². The van der Waals surface area contributed by atoms with Gasteiger partial charge in [-0.05, 0) is 38.6 Å². The lowest BCUT2D eigenvalue weighted by Gasteiger charge is -2.31. The van der Waals surface area contributed by atoms with Crippen LogP contribution in [0.25, 0.3) is 0 Å². The third kappa shape index (κ3) is 3.00. The summed E-state index contributed by atoms with van der Waals surface area (Å²) in [5.41, 5.74) is 0.692. The van der Waals surface area contributed by atoms with Crippen LogP contribution in [0.3, 0.4) is 0 Å². The van der Waals surface area contributed by atoms with Crippen molar-refractivity contribution in [1.82, 2.24) is 9.88 Å². The molecule has 3 aliphatic rings. The Balaban J connectivity index is 1.54. The minimum atomic E-state index is -0.391. The van der Waals surface area contributed by atoms with Gasteiger partial charge < -0.3 is 14.4 Å². The van der Waals surface area contributed by atoms with Crippen LogP contribution >= 0.6 is 0 Å². The molecule has 1 unspecified atom stereocenters. The average molecular weight is 331 g/mol.